The number of aryl methyl sites for hydroxylation is 2. The highest BCUT2D eigenvalue weighted by Gasteiger charge is 2.16. The molecule has 0 aliphatic carbocycles. The zero-order chi connectivity index (χ0) is 20.5. The van der Waals surface area contributed by atoms with Gasteiger partial charge in [-0.1, -0.05) is 29.3 Å². The Balaban J connectivity index is 1.49. The van der Waals surface area contributed by atoms with Gasteiger partial charge in [0, 0.05) is 16.0 Å². The first-order chi connectivity index (χ1) is 13.9. The van der Waals surface area contributed by atoms with Crippen molar-refractivity contribution in [2.45, 2.75) is 13.8 Å². The van der Waals surface area contributed by atoms with E-state index >= 15 is 0 Å². The number of halogens is 2. The van der Waals surface area contributed by atoms with Crippen LogP contribution in [0.1, 0.15) is 11.1 Å². The number of nitrogens with zero attached hydrogens (tertiary/aromatic N) is 3. The minimum Gasteiger partial charge on any atom is -0.484 e. The average Bonchev–Trinajstić information content (AvgIpc) is 3.25. The van der Waals surface area contributed by atoms with Crippen molar-refractivity contribution in [3.05, 3.63) is 63.0 Å². The summed E-state index contributed by atoms with van der Waals surface area (Å²) in [5.74, 6) is 0.494. The maximum Gasteiger partial charge on any atom is 0.264 e. The van der Waals surface area contributed by atoms with E-state index in [1.165, 1.54) is 16.9 Å². The van der Waals surface area contributed by atoms with Crippen LogP contribution in [0.3, 0.4) is 0 Å². The summed E-state index contributed by atoms with van der Waals surface area (Å²) in [6.45, 7) is 3.88. The van der Waals surface area contributed by atoms with Crippen LogP contribution in [0.2, 0.25) is 10.0 Å². The maximum atomic E-state index is 12.2. The monoisotopic (exact) mass is 446 g/mol. The number of hydrogen-bond acceptors (Lipinski definition) is 5. The van der Waals surface area contributed by atoms with Crippen LogP contribution >= 0.6 is 34.5 Å². The molecule has 4 aromatic rings. The average molecular weight is 447 g/mol. The molecule has 1 N–H and O–H groups in total. The quantitative estimate of drug-likeness (QED) is 0.445. The molecule has 0 atom stereocenters. The van der Waals surface area contributed by atoms with Gasteiger partial charge in [-0.25, -0.2) is 4.52 Å². The fourth-order valence-corrected chi connectivity index (χ4v) is 3.94. The van der Waals surface area contributed by atoms with Crippen LogP contribution in [0.5, 0.6) is 5.75 Å². The first kappa shape index (κ1) is 19.7. The molecule has 4 rings (SSSR count). The minimum atomic E-state index is -0.344. The lowest BCUT2D eigenvalue weighted by Crippen LogP contribution is -2.21. The number of fused-ring (bicyclic) bond motifs is 1. The Kier molecular flexibility index (Phi) is 5.45. The Morgan fingerprint density at radius 1 is 1.17 bits per heavy atom. The van der Waals surface area contributed by atoms with Crippen molar-refractivity contribution in [2.24, 2.45) is 0 Å². The number of amides is 1. The van der Waals surface area contributed by atoms with E-state index in [1.807, 2.05) is 37.4 Å². The molecule has 2 aromatic carbocycles. The molecule has 6 nitrogen and oxygen atoms in total. The van der Waals surface area contributed by atoms with Crippen LogP contribution in [-0.2, 0) is 4.79 Å². The van der Waals surface area contributed by atoms with E-state index in [0.717, 1.165) is 16.8 Å². The highest BCUT2D eigenvalue weighted by molar-refractivity contribution is 7.15. The SMILES string of the molecule is Cc1ccc(OCC(=O)Nc2nc3scc(-c4cc(Cl)ccc4Cl)n3n2)cc1C. The van der Waals surface area contributed by atoms with Gasteiger partial charge in [-0.05, 0) is 55.3 Å². The maximum absolute atomic E-state index is 12.2. The number of carbonyl (C=O) groups is 1. The summed E-state index contributed by atoms with van der Waals surface area (Å²) >= 11 is 13.8. The van der Waals surface area contributed by atoms with E-state index < -0.39 is 0 Å². The Bertz CT molecular complexity index is 1220. The van der Waals surface area contributed by atoms with Crippen molar-refractivity contribution in [1.29, 1.82) is 0 Å². The van der Waals surface area contributed by atoms with Gasteiger partial charge >= 0.3 is 0 Å². The number of thiazole rings is 1. The molecule has 0 fully saturated rings. The van der Waals surface area contributed by atoms with Gasteiger partial charge in [0.05, 0.1) is 10.7 Å². The number of ether oxygens (including phenoxy) is 1. The van der Waals surface area contributed by atoms with Crippen molar-refractivity contribution < 1.29 is 9.53 Å². The van der Waals surface area contributed by atoms with Gasteiger partial charge < -0.3 is 4.74 Å². The number of aromatic nitrogens is 3. The van der Waals surface area contributed by atoms with Gasteiger partial charge in [0.25, 0.3) is 11.9 Å². The van der Waals surface area contributed by atoms with Crippen LogP contribution in [0.4, 0.5) is 5.95 Å². The van der Waals surface area contributed by atoms with Crippen LogP contribution < -0.4 is 10.1 Å². The lowest BCUT2D eigenvalue weighted by atomic mass is 10.1. The second-order valence-corrected chi connectivity index (χ2v) is 8.14. The first-order valence-corrected chi connectivity index (χ1v) is 10.3. The number of benzene rings is 2. The molecular formula is C20H16Cl2N4O2S. The highest BCUT2D eigenvalue weighted by Crippen LogP contribution is 2.33. The van der Waals surface area contributed by atoms with Crippen LogP contribution in [0.15, 0.2) is 41.8 Å². The molecule has 1 amide bonds. The number of rotatable bonds is 5. The Morgan fingerprint density at radius 2 is 2.00 bits per heavy atom. The highest BCUT2D eigenvalue weighted by atomic mass is 35.5. The van der Waals surface area contributed by atoms with E-state index in [0.29, 0.717) is 20.8 Å². The summed E-state index contributed by atoms with van der Waals surface area (Å²) in [5, 5.41) is 10.0. The van der Waals surface area contributed by atoms with Crippen molar-refractivity contribution in [2.75, 3.05) is 11.9 Å². The predicted molar refractivity (Wildman–Crippen MR) is 116 cm³/mol. The molecule has 9 heteroatoms. The zero-order valence-electron chi connectivity index (χ0n) is 15.6. The van der Waals surface area contributed by atoms with Crippen LogP contribution in [0, 0.1) is 13.8 Å². The molecule has 0 radical (unpaired) electrons. The van der Waals surface area contributed by atoms with Crippen molar-refractivity contribution in [3.8, 4) is 17.0 Å². The van der Waals surface area contributed by atoms with Gasteiger partial charge in [0.15, 0.2) is 6.61 Å². The fourth-order valence-electron chi connectivity index (χ4n) is 2.73. The van der Waals surface area contributed by atoms with E-state index in [-0.39, 0.29) is 18.5 Å². The Morgan fingerprint density at radius 3 is 2.79 bits per heavy atom. The van der Waals surface area contributed by atoms with Crippen LogP contribution in [0.25, 0.3) is 16.2 Å². The second-order valence-electron chi connectivity index (χ2n) is 6.46. The summed E-state index contributed by atoms with van der Waals surface area (Å²) in [5.41, 5.74) is 3.76. The molecule has 0 spiro atoms. The lowest BCUT2D eigenvalue weighted by molar-refractivity contribution is -0.118. The standard InChI is InChI=1S/C20H16Cl2N4O2S/c1-11-3-5-14(7-12(11)2)28-9-18(27)23-19-24-20-26(25-19)17(10-29-20)15-8-13(21)4-6-16(15)22/h3-8,10H,9H2,1-2H3,(H,23,25,27). The molecule has 0 aliphatic heterocycles. The molecule has 0 unspecified atom stereocenters. The summed E-state index contributed by atoms with van der Waals surface area (Å²) in [6.07, 6.45) is 0. The second kappa shape index (κ2) is 8.02. The molecule has 0 saturated heterocycles. The molecule has 2 aromatic heterocycles. The molecule has 0 bridgehead atoms. The molecule has 2 heterocycles. The largest absolute Gasteiger partial charge is 0.484 e. The van der Waals surface area contributed by atoms with Gasteiger partial charge in [-0.3, -0.25) is 10.1 Å². The van der Waals surface area contributed by atoms with Crippen molar-refractivity contribution in [3.63, 3.8) is 0 Å². The smallest absolute Gasteiger partial charge is 0.264 e. The zero-order valence-corrected chi connectivity index (χ0v) is 17.9. The van der Waals surface area contributed by atoms with E-state index in [4.69, 9.17) is 27.9 Å². The molecule has 29 heavy (non-hydrogen) atoms. The number of nitrogens with one attached hydrogen (secondary N) is 1. The van der Waals surface area contributed by atoms with E-state index in [2.05, 4.69) is 15.4 Å². The van der Waals surface area contributed by atoms with Gasteiger partial charge in [-0.15, -0.1) is 16.4 Å². The van der Waals surface area contributed by atoms with Gasteiger partial charge in [0.2, 0.25) is 4.96 Å². The third-order valence-electron chi connectivity index (χ3n) is 4.39. The summed E-state index contributed by atoms with van der Waals surface area (Å²) in [6, 6.07) is 10.9. The van der Waals surface area contributed by atoms with E-state index in [1.54, 1.807) is 22.7 Å². The third-order valence-corrected chi connectivity index (χ3v) is 5.77. The first-order valence-electron chi connectivity index (χ1n) is 8.70. The predicted octanol–water partition coefficient (Wildman–Crippen LogP) is 5.40. The number of hydrogen-bond donors (Lipinski definition) is 1. The molecule has 0 aliphatic rings. The fraction of sp³-hybridized carbons (Fsp3) is 0.150. The summed E-state index contributed by atoms with van der Waals surface area (Å²) in [4.78, 5) is 17.2. The van der Waals surface area contributed by atoms with Gasteiger partial charge in [-0.2, -0.15) is 4.98 Å². The van der Waals surface area contributed by atoms with Crippen molar-refractivity contribution in [1.82, 2.24) is 14.6 Å². The van der Waals surface area contributed by atoms with E-state index in [9.17, 15) is 4.79 Å². The summed E-state index contributed by atoms with van der Waals surface area (Å²) < 4.78 is 7.18. The molecular weight excluding hydrogens is 431 g/mol. The third kappa shape index (κ3) is 4.22. The lowest BCUT2D eigenvalue weighted by Gasteiger charge is -2.07. The molecule has 148 valence electrons. The molecule has 0 saturated carbocycles. The minimum absolute atomic E-state index is 0.137. The number of anilines is 1. The number of carbonyl (C=O) groups excluding carboxylic acids is 1. The Hall–Kier alpha value is -2.61. The summed E-state index contributed by atoms with van der Waals surface area (Å²) in [7, 11) is 0. The van der Waals surface area contributed by atoms with Gasteiger partial charge in [0.1, 0.15) is 5.75 Å². The van der Waals surface area contributed by atoms with Crippen molar-refractivity contribution >= 4 is 51.4 Å². The topological polar surface area (TPSA) is 68.5 Å². The normalized spacial score (nSPS) is 11.0. The van der Waals surface area contributed by atoms with Crippen LogP contribution in [-0.4, -0.2) is 27.1 Å². The Labute approximate surface area is 181 Å².